The first kappa shape index (κ1) is 25.6. The average Bonchev–Trinajstić information content (AvgIpc) is 3.69. The van der Waals surface area contributed by atoms with Crippen LogP contribution in [0.2, 0.25) is 0 Å². The maximum Gasteiger partial charge on any atom is 0.162 e. The van der Waals surface area contributed by atoms with Gasteiger partial charge in [0.25, 0.3) is 0 Å². The topological polar surface area (TPSA) is 35.1 Å². The Labute approximate surface area is 275 Å². The van der Waals surface area contributed by atoms with E-state index in [1.807, 2.05) is 0 Å². The fourth-order valence-electron chi connectivity index (χ4n) is 8.07. The molecule has 0 saturated heterocycles. The van der Waals surface area contributed by atoms with Crippen molar-refractivity contribution in [2.45, 2.75) is 0 Å². The van der Waals surface area contributed by atoms with Crippen LogP contribution in [0.1, 0.15) is 0 Å². The summed E-state index contributed by atoms with van der Waals surface area (Å²) in [7, 11) is 0. The number of para-hydroxylation sites is 4. The Kier molecular flexibility index (Phi) is 5.08. The first-order valence-electron chi connectivity index (χ1n) is 16.4. The SMILES string of the molecule is c1ccc(-c2nc(-c3cccc4c5ccc6cccc7c8ccccc8n(c34)c5c67)nc3c4ccccc4n(-c4ccccc4)c23)cc1. The third-order valence-corrected chi connectivity index (χ3v) is 10.0. The molecule has 0 spiro atoms. The standard InChI is InChI=1S/C44H26N4/c1-3-13-28(14-4-1)39-43-40(34-19-8-10-24-37(34)47(43)29-16-5-2-6-17-29)46-44(45-39)35-22-12-21-32-33-26-25-27-15-11-20-31-30-18-7-9-23-36(30)48(41(32)35)42(33)38(27)31/h1-26H. The van der Waals surface area contributed by atoms with Gasteiger partial charge in [-0.05, 0) is 41.1 Å². The van der Waals surface area contributed by atoms with Crippen molar-refractivity contribution < 1.29 is 0 Å². The van der Waals surface area contributed by atoms with Crippen LogP contribution in [-0.2, 0) is 0 Å². The Bertz CT molecular complexity index is 3040. The van der Waals surface area contributed by atoms with E-state index in [4.69, 9.17) is 9.97 Å². The fraction of sp³-hybridized carbons (Fsp3) is 0. The predicted octanol–water partition coefficient (Wildman–Crippen LogP) is 11.2. The summed E-state index contributed by atoms with van der Waals surface area (Å²) in [6.45, 7) is 0. The van der Waals surface area contributed by atoms with E-state index in [0.29, 0.717) is 0 Å². The Morgan fingerprint density at radius 3 is 1.94 bits per heavy atom. The second-order valence-electron chi connectivity index (χ2n) is 12.6. The smallest absolute Gasteiger partial charge is 0.162 e. The van der Waals surface area contributed by atoms with E-state index in [2.05, 4.69) is 167 Å². The molecule has 0 radical (unpaired) electrons. The third-order valence-electron chi connectivity index (χ3n) is 10.0. The van der Waals surface area contributed by atoms with E-state index in [9.17, 15) is 0 Å². The summed E-state index contributed by atoms with van der Waals surface area (Å²) >= 11 is 0. The third kappa shape index (κ3) is 3.33. The highest BCUT2D eigenvalue weighted by Gasteiger charge is 2.24. The summed E-state index contributed by atoms with van der Waals surface area (Å²) in [5.74, 6) is 0.717. The first-order valence-corrected chi connectivity index (χ1v) is 16.4. The van der Waals surface area contributed by atoms with Crippen molar-refractivity contribution in [3.63, 3.8) is 0 Å². The molecule has 4 heterocycles. The lowest BCUT2D eigenvalue weighted by Gasteiger charge is -2.14. The maximum absolute atomic E-state index is 5.51. The van der Waals surface area contributed by atoms with E-state index in [0.717, 1.165) is 55.8 Å². The second-order valence-corrected chi connectivity index (χ2v) is 12.6. The zero-order chi connectivity index (χ0) is 31.3. The van der Waals surface area contributed by atoms with Gasteiger partial charge in [0.2, 0.25) is 0 Å². The summed E-state index contributed by atoms with van der Waals surface area (Å²) < 4.78 is 4.78. The molecule has 0 amide bonds. The molecule has 48 heavy (non-hydrogen) atoms. The Morgan fingerprint density at radius 1 is 0.417 bits per heavy atom. The van der Waals surface area contributed by atoms with Gasteiger partial charge in [0.15, 0.2) is 5.82 Å². The highest BCUT2D eigenvalue weighted by atomic mass is 15.0. The summed E-state index contributed by atoms with van der Waals surface area (Å²) in [4.78, 5) is 11.0. The molecule has 0 atom stereocenters. The molecule has 11 rings (SSSR count). The normalized spacial score (nSPS) is 12.2. The largest absolute Gasteiger partial charge is 0.307 e. The molecule has 7 aromatic carbocycles. The minimum atomic E-state index is 0.717. The Morgan fingerprint density at radius 2 is 1.08 bits per heavy atom. The Hall–Kier alpha value is -6.52. The number of hydrogen-bond acceptors (Lipinski definition) is 2. The maximum atomic E-state index is 5.51. The van der Waals surface area contributed by atoms with Crippen molar-refractivity contribution in [2.75, 3.05) is 0 Å². The number of benzene rings is 7. The molecule has 0 aliphatic rings. The zero-order valence-electron chi connectivity index (χ0n) is 25.8. The number of pyridine rings is 1. The van der Waals surface area contributed by atoms with Crippen molar-refractivity contribution in [3.05, 3.63) is 158 Å². The van der Waals surface area contributed by atoms with Crippen molar-refractivity contribution >= 4 is 70.8 Å². The number of nitrogens with zero attached hydrogens (tertiary/aromatic N) is 4. The Balaban J connectivity index is 1.34. The zero-order valence-corrected chi connectivity index (χ0v) is 25.8. The second kappa shape index (κ2) is 9.50. The van der Waals surface area contributed by atoms with Crippen LogP contribution in [-0.4, -0.2) is 18.9 Å². The van der Waals surface area contributed by atoms with E-state index in [1.54, 1.807) is 0 Å². The molecule has 0 bridgehead atoms. The minimum Gasteiger partial charge on any atom is -0.307 e. The van der Waals surface area contributed by atoms with E-state index >= 15 is 0 Å². The first-order chi connectivity index (χ1) is 23.8. The van der Waals surface area contributed by atoms with Crippen molar-refractivity contribution in [1.29, 1.82) is 0 Å². The quantitative estimate of drug-likeness (QED) is 0.147. The summed E-state index contributed by atoms with van der Waals surface area (Å²) in [6, 6.07) is 56.2. The monoisotopic (exact) mass is 610 g/mol. The lowest BCUT2D eigenvalue weighted by Crippen LogP contribution is -2.00. The highest BCUT2D eigenvalue weighted by Crippen LogP contribution is 2.44. The van der Waals surface area contributed by atoms with Gasteiger partial charge in [-0.15, -0.1) is 0 Å². The molecule has 0 aliphatic heterocycles. The van der Waals surface area contributed by atoms with Crippen LogP contribution in [0.4, 0.5) is 0 Å². The van der Waals surface area contributed by atoms with Gasteiger partial charge in [0.05, 0.1) is 33.3 Å². The lowest BCUT2D eigenvalue weighted by molar-refractivity contribution is 1.15. The van der Waals surface area contributed by atoms with Gasteiger partial charge in [-0.2, -0.15) is 0 Å². The van der Waals surface area contributed by atoms with Crippen LogP contribution in [0.3, 0.4) is 0 Å². The molecule has 4 heteroatoms. The van der Waals surface area contributed by atoms with Gasteiger partial charge in [-0.25, -0.2) is 9.97 Å². The van der Waals surface area contributed by atoms with Gasteiger partial charge in [0.1, 0.15) is 5.52 Å². The minimum absolute atomic E-state index is 0.717. The molecule has 4 aromatic heterocycles. The number of aromatic nitrogens is 4. The van der Waals surface area contributed by atoms with E-state index in [-0.39, 0.29) is 0 Å². The molecule has 11 aromatic rings. The molecule has 0 unspecified atom stereocenters. The van der Waals surface area contributed by atoms with Crippen molar-refractivity contribution in [2.24, 2.45) is 0 Å². The molecule has 222 valence electrons. The van der Waals surface area contributed by atoms with E-state index in [1.165, 1.54) is 43.4 Å². The van der Waals surface area contributed by atoms with Gasteiger partial charge in [-0.1, -0.05) is 127 Å². The molecule has 0 N–H and O–H groups in total. The van der Waals surface area contributed by atoms with Crippen LogP contribution >= 0.6 is 0 Å². The summed E-state index contributed by atoms with van der Waals surface area (Å²) in [6.07, 6.45) is 0. The van der Waals surface area contributed by atoms with Crippen LogP contribution in [0.5, 0.6) is 0 Å². The average molecular weight is 611 g/mol. The molecule has 0 aliphatic carbocycles. The number of hydrogen-bond donors (Lipinski definition) is 0. The predicted molar refractivity (Wildman–Crippen MR) is 199 cm³/mol. The summed E-state index contributed by atoms with van der Waals surface area (Å²) in [5, 5.41) is 8.61. The van der Waals surface area contributed by atoms with Gasteiger partial charge in [0, 0.05) is 43.7 Å². The summed E-state index contributed by atoms with van der Waals surface area (Å²) in [5.41, 5.74) is 10.7. The van der Waals surface area contributed by atoms with Crippen LogP contribution in [0, 0.1) is 0 Å². The van der Waals surface area contributed by atoms with E-state index < -0.39 is 0 Å². The highest BCUT2D eigenvalue weighted by molar-refractivity contribution is 6.29. The number of fused-ring (bicyclic) bond motifs is 9. The van der Waals surface area contributed by atoms with Crippen LogP contribution in [0.15, 0.2) is 158 Å². The molecule has 4 nitrogen and oxygen atoms in total. The van der Waals surface area contributed by atoms with Gasteiger partial charge < -0.3 is 8.97 Å². The van der Waals surface area contributed by atoms with Gasteiger partial charge >= 0.3 is 0 Å². The number of rotatable bonds is 3. The molecule has 0 fully saturated rings. The van der Waals surface area contributed by atoms with Gasteiger partial charge in [-0.3, -0.25) is 0 Å². The molecular formula is C44H26N4. The molecule has 0 saturated carbocycles. The van der Waals surface area contributed by atoms with Crippen LogP contribution < -0.4 is 0 Å². The van der Waals surface area contributed by atoms with Crippen molar-refractivity contribution in [3.8, 4) is 28.3 Å². The van der Waals surface area contributed by atoms with Crippen LogP contribution in [0.25, 0.3) is 99.1 Å². The van der Waals surface area contributed by atoms with Crippen molar-refractivity contribution in [1.82, 2.24) is 18.9 Å². The fourth-order valence-corrected chi connectivity index (χ4v) is 8.07. The lowest BCUT2D eigenvalue weighted by atomic mass is 9.99. The molecular weight excluding hydrogens is 585 g/mol.